The highest BCUT2D eigenvalue weighted by Gasteiger charge is 2.24. The van der Waals surface area contributed by atoms with E-state index in [1.165, 1.54) is 11.3 Å². The van der Waals surface area contributed by atoms with E-state index in [2.05, 4.69) is 19.1 Å². The molecule has 0 radical (unpaired) electrons. The molecule has 0 aliphatic carbocycles. The monoisotopic (exact) mass is 277 g/mol. The smallest absolute Gasteiger partial charge is 0.227 e. The largest absolute Gasteiger partial charge is 0.332 e. The average molecular weight is 277 g/mol. The molecule has 1 amide bonds. The van der Waals surface area contributed by atoms with Crippen LogP contribution < -0.4 is 0 Å². The van der Waals surface area contributed by atoms with Gasteiger partial charge < -0.3 is 4.90 Å². The van der Waals surface area contributed by atoms with E-state index in [0.717, 1.165) is 23.3 Å². The zero-order chi connectivity index (χ0) is 13.8. The third kappa shape index (κ3) is 3.32. The number of hydrogen-bond donors (Lipinski definition) is 0. The molecule has 0 aromatic carbocycles. The van der Waals surface area contributed by atoms with Crippen molar-refractivity contribution in [2.24, 2.45) is 0 Å². The molecule has 0 saturated carbocycles. The highest BCUT2D eigenvalue weighted by atomic mass is 32.1. The van der Waals surface area contributed by atoms with Crippen molar-refractivity contribution in [2.75, 3.05) is 6.54 Å². The van der Waals surface area contributed by atoms with Crippen LogP contribution >= 0.6 is 11.3 Å². The molecule has 2 heterocycles. The molecule has 1 unspecified atom stereocenters. The fraction of sp³-hybridized carbons (Fsp3) is 0.467. The summed E-state index contributed by atoms with van der Waals surface area (Å²) in [6.45, 7) is 4.40. The lowest BCUT2D eigenvalue weighted by Crippen LogP contribution is -2.36. The first kappa shape index (κ1) is 14.0. The highest BCUT2D eigenvalue weighted by molar-refractivity contribution is 7.12. The van der Waals surface area contributed by atoms with E-state index in [1.807, 2.05) is 16.3 Å². The van der Waals surface area contributed by atoms with Crippen LogP contribution in [0, 0.1) is 0 Å². The van der Waals surface area contributed by atoms with E-state index in [-0.39, 0.29) is 17.7 Å². The highest BCUT2D eigenvalue weighted by Crippen LogP contribution is 2.19. The number of nitrogens with zero attached hydrogens (tertiary/aromatic N) is 1. The lowest BCUT2D eigenvalue weighted by molar-refractivity contribution is -0.130. The number of Topliss-reactive ketones (excluding diaryl/α,β-unsaturated/α-hetero) is 1. The molecular weight excluding hydrogens is 258 g/mol. The van der Waals surface area contributed by atoms with Crippen molar-refractivity contribution in [3.63, 3.8) is 0 Å². The van der Waals surface area contributed by atoms with Crippen molar-refractivity contribution in [3.05, 3.63) is 34.0 Å². The molecule has 0 spiro atoms. The minimum atomic E-state index is 0.0652. The maximum Gasteiger partial charge on any atom is 0.227 e. The summed E-state index contributed by atoms with van der Waals surface area (Å²) in [4.78, 5) is 26.2. The van der Waals surface area contributed by atoms with E-state index in [4.69, 9.17) is 0 Å². The third-order valence-electron chi connectivity index (χ3n) is 3.32. The first-order valence-corrected chi connectivity index (χ1v) is 7.54. The van der Waals surface area contributed by atoms with Crippen LogP contribution in [0.25, 0.3) is 0 Å². The fourth-order valence-electron chi connectivity index (χ4n) is 2.33. The molecule has 102 valence electrons. The Morgan fingerprint density at radius 2 is 2.26 bits per heavy atom. The minimum Gasteiger partial charge on any atom is -0.332 e. The summed E-state index contributed by atoms with van der Waals surface area (Å²) < 4.78 is 0. The summed E-state index contributed by atoms with van der Waals surface area (Å²) in [5.41, 5.74) is 0.947. The zero-order valence-electron chi connectivity index (χ0n) is 11.4. The Hall–Kier alpha value is -1.42. The number of ketones is 1. The molecule has 0 bridgehead atoms. The molecular formula is C15H19NO2S. The zero-order valence-corrected chi connectivity index (χ0v) is 12.2. The van der Waals surface area contributed by atoms with Gasteiger partial charge >= 0.3 is 0 Å². The van der Waals surface area contributed by atoms with Crippen molar-refractivity contribution in [1.82, 2.24) is 4.90 Å². The molecule has 1 atom stereocenters. The number of carbonyl (C=O) groups is 2. The number of hydrogen-bond acceptors (Lipinski definition) is 3. The predicted octanol–water partition coefficient (Wildman–Crippen LogP) is 3.06. The minimum absolute atomic E-state index is 0.0652. The van der Waals surface area contributed by atoms with Gasteiger partial charge in [-0.05, 0) is 30.4 Å². The van der Waals surface area contributed by atoms with Crippen LogP contribution in [-0.2, 0) is 11.2 Å². The Morgan fingerprint density at radius 1 is 1.47 bits per heavy atom. The molecule has 19 heavy (non-hydrogen) atoms. The summed E-state index contributed by atoms with van der Waals surface area (Å²) in [7, 11) is 0. The number of rotatable bonds is 5. The predicted molar refractivity (Wildman–Crippen MR) is 77.6 cm³/mol. The first-order chi connectivity index (χ1) is 9.11. The van der Waals surface area contributed by atoms with Gasteiger partial charge in [0.25, 0.3) is 0 Å². The molecule has 1 aromatic rings. The van der Waals surface area contributed by atoms with Crippen molar-refractivity contribution in [3.8, 4) is 0 Å². The lowest BCUT2D eigenvalue weighted by atomic mass is 10.1. The van der Waals surface area contributed by atoms with Crippen LogP contribution in [0.15, 0.2) is 23.6 Å². The number of carbonyl (C=O) groups excluding carboxylic acids is 2. The van der Waals surface area contributed by atoms with Crippen LogP contribution in [-0.4, -0.2) is 29.2 Å². The van der Waals surface area contributed by atoms with E-state index in [0.29, 0.717) is 13.0 Å². The van der Waals surface area contributed by atoms with Crippen LogP contribution in [0.4, 0.5) is 0 Å². The van der Waals surface area contributed by atoms with Crippen molar-refractivity contribution in [2.45, 2.75) is 39.2 Å². The number of amides is 1. The summed E-state index contributed by atoms with van der Waals surface area (Å²) in [5.74, 6) is 0.215. The van der Waals surface area contributed by atoms with Crippen LogP contribution in [0.1, 0.15) is 41.9 Å². The number of thiophene rings is 1. The van der Waals surface area contributed by atoms with Gasteiger partial charge in [-0.1, -0.05) is 25.5 Å². The average Bonchev–Trinajstić information content (AvgIpc) is 2.98. The summed E-state index contributed by atoms with van der Waals surface area (Å²) in [6, 6.07) is 2.09. The first-order valence-electron chi connectivity index (χ1n) is 6.66. The van der Waals surface area contributed by atoms with E-state index >= 15 is 0 Å². The van der Waals surface area contributed by atoms with Gasteiger partial charge in [0.15, 0.2) is 5.78 Å². The Bertz CT molecular complexity index is 504. The maximum absolute atomic E-state index is 12.3. The SMILES string of the molecule is CCCC1C=CCN1C(=O)Cc1csc(C(C)=O)c1. The molecule has 1 aliphatic rings. The van der Waals surface area contributed by atoms with Crippen molar-refractivity contribution < 1.29 is 9.59 Å². The normalized spacial score (nSPS) is 18.0. The van der Waals surface area contributed by atoms with Gasteiger partial charge in [-0.2, -0.15) is 0 Å². The van der Waals surface area contributed by atoms with E-state index in [9.17, 15) is 9.59 Å². The Labute approximate surface area is 117 Å². The molecule has 0 N–H and O–H groups in total. The van der Waals surface area contributed by atoms with E-state index < -0.39 is 0 Å². The molecule has 3 nitrogen and oxygen atoms in total. The second kappa shape index (κ2) is 6.15. The van der Waals surface area contributed by atoms with Gasteiger partial charge in [-0.3, -0.25) is 9.59 Å². The Balaban J connectivity index is 1.98. The third-order valence-corrected chi connectivity index (χ3v) is 4.40. The van der Waals surface area contributed by atoms with Crippen LogP contribution in [0.5, 0.6) is 0 Å². The second-order valence-corrected chi connectivity index (χ2v) is 5.79. The van der Waals surface area contributed by atoms with Crippen molar-refractivity contribution >= 4 is 23.0 Å². The molecule has 1 aliphatic heterocycles. The topological polar surface area (TPSA) is 37.4 Å². The van der Waals surface area contributed by atoms with Gasteiger partial charge in [0.2, 0.25) is 5.91 Å². The maximum atomic E-state index is 12.3. The molecule has 2 rings (SSSR count). The molecule has 0 saturated heterocycles. The van der Waals surface area contributed by atoms with Crippen molar-refractivity contribution in [1.29, 1.82) is 0 Å². The summed E-state index contributed by atoms with van der Waals surface area (Å²) >= 11 is 1.42. The van der Waals surface area contributed by atoms with Crippen LogP contribution in [0.3, 0.4) is 0 Å². The Kier molecular flexibility index (Phi) is 4.53. The van der Waals surface area contributed by atoms with Gasteiger partial charge in [0.05, 0.1) is 17.3 Å². The Morgan fingerprint density at radius 3 is 2.89 bits per heavy atom. The fourth-order valence-corrected chi connectivity index (χ4v) is 3.15. The van der Waals surface area contributed by atoms with Gasteiger partial charge in [0.1, 0.15) is 0 Å². The standard InChI is InChI=1S/C15H19NO2S/c1-3-5-13-6-4-7-16(13)15(18)9-12-8-14(11(2)17)19-10-12/h4,6,8,10,13H,3,5,7,9H2,1-2H3. The lowest BCUT2D eigenvalue weighted by Gasteiger charge is -2.24. The van der Waals surface area contributed by atoms with E-state index in [1.54, 1.807) is 6.92 Å². The summed E-state index contributed by atoms with van der Waals surface area (Å²) in [5, 5.41) is 1.91. The molecule has 0 fully saturated rings. The second-order valence-electron chi connectivity index (χ2n) is 4.88. The molecule has 1 aromatic heterocycles. The summed E-state index contributed by atoms with van der Waals surface area (Å²) in [6.07, 6.45) is 6.67. The molecule has 4 heteroatoms. The van der Waals surface area contributed by atoms with Crippen LogP contribution in [0.2, 0.25) is 0 Å². The van der Waals surface area contributed by atoms with Gasteiger partial charge in [0, 0.05) is 6.54 Å². The van der Waals surface area contributed by atoms with Gasteiger partial charge in [-0.25, -0.2) is 0 Å². The quantitative estimate of drug-likeness (QED) is 0.613. The van der Waals surface area contributed by atoms with Gasteiger partial charge in [-0.15, -0.1) is 11.3 Å².